The molecule has 7 heteroatoms. The number of nitrogens with one attached hydrogen (secondary N) is 1. The largest absolute Gasteiger partial charge is 0.465 e. The molecule has 1 N–H and O–H groups in total. The topological polar surface area (TPSA) is 84.4 Å². The number of hydrogen-bond donors (Lipinski definition) is 1. The minimum Gasteiger partial charge on any atom is -0.465 e. The Balaban J connectivity index is 1.88. The van der Waals surface area contributed by atoms with Crippen molar-refractivity contribution in [1.82, 2.24) is 9.97 Å². The van der Waals surface area contributed by atoms with Gasteiger partial charge in [-0.25, -0.2) is 14.8 Å². The maximum Gasteiger partial charge on any atom is 0.337 e. The van der Waals surface area contributed by atoms with Crippen molar-refractivity contribution in [2.45, 2.75) is 13.8 Å². The molecule has 2 aromatic carbocycles. The van der Waals surface area contributed by atoms with Gasteiger partial charge in [-0.05, 0) is 44.2 Å². The van der Waals surface area contributed by atoms with Crippen molar-refractivity contribution in [2.75, 3.05) is 23.9 Å². The van der Waals surface area contributed by atoms with Crippen LogP contribution < -0.4 is 10.2 Å². The van der Waals surface area contributed by atoms with Crippen LogP contribution in [0.2, 0.25) is 0 Å². The predicted molar refractivity (Wildman–Crippen MR) is 112 cm³/mol. The SMILES string of the molecule is CCN(c1ccccc1)c1cc(C(=O)Nc2cccc(C(=O)OC)c2)nc(C)n1. The monoisotopic (exact) mass is 390 g/mol. The molecule has 3 aromatic rings. The number of benzene rings is 2. The first-order valence-corrected chi connectivity index (χ1v) is 9.19. The van der Waals surface area contributed by atoms with Gasteiger partial charge in [0.15, 0.2) is 0 Å². The van der Waals surface area contributed by atoms with E-state index in [-0.39, 0.29) is 11.6 Å². The van der Waals surface area contributed by atoms with Crippen LogP contribution in [0, 0.1) is 6.92 Å². The Morgan fingerprint density at radius 2 is 1.79 bits per heavy atom. The van der Waals surface area contributed by atoms with E-state index in [1.165, 1.54) is 7.11 Å². The van der Waals surface area contributed by atoms with Gasteiger partial charge in [0.1, 0.15) is 17.3 Å². The fourth-order valence-corrected chi connectivity index (χ4v) is 2.93. The number of aryl methyl sites for hydroxylation is 1. The smallest absolute Gasteiger partial charge is 0.337 e. The van der Waals surface area contributed by atoms with Crippen LogP contribution in [0.25, 0.3) is 0 Å². The van der Waals surface area contributed by atoms with E-state index in [1.54, 1.807) is 37.3 Å². The molecule has 1 aromatic heterocycles. The second-order valence-electron chi connectivity index (χ2n) is 6.26. The number of esters is 1. The van der Waals surface area contributed by atoms with Crippen LogP contribution >= 0.6 is 0 Å². The molecular formula is C22H22N4O3. The van der Waals surface area contributed by atoms with Gasteiger partial charge in [0, 0.05) is 24.0 Å². The zero-order valence-electron chi connectivity index (χ0n) is 16.5. The Hall–Kier alpha value is -3.74. The first-order valence-electron chi connectivity index (χ1n) is 9.19. The molecule has 0 saturated carbocycles. The van der Waals surface area contributed by atoms with E-state index in [1.807, 2.05) is 42.2 Å². The molecule has 3 rings (SSSR count). The summed E-state index contributed by atoms with van der Waals surface area (Å²) in [6.45, 7) is 4.45. The van der Waals surface area contributed by atoms with Crippen LogP contribution in [0.5, 0.6) is 0 Å². The zero-order valence-corrected chi connectivity index (χ0v) is 16.5. The Bertz CT molecular complexity index is 1020. The third-order valence-electron chi connectivity index (χ3n) is 4.26. The number of carbonyl (C=O) groups excluding carboxylic acids is 2. The van der Waals surface area contributed by atoms with Gasteiger partial charge in [-0.2, -0.15) is 0 Å². The normalized spacial score (nSPS) is 10.3. The van der Waals surface area contributed by atoms with Crippen molar-refractivity contribution in [3.63, 3.8) is 0 Å². The van der Waals surface area contributed by atoms with E-state index < -0.39 is 5.97 Å². The lowest BCUT2D eigenvalue weighted by Crippen LogP contribution is -2.21. The van der Waals surface area contributed by atoms with Gasteiger partial charge in [-0.1, -0.05) is 24.3 Å². The second kappa shape index (κ2) is 8.97. The van der Waals surface area contributed by atoms with Crippen LogP contribution in [-0.2, 0) is 4.74 Å². The molecule has 148 valence electrons. The first kappa shape index (κ1) is 20.0. The van der Waals surface area contributed by atoms with E-state index in [4.69, 9.17) is 4.74 Å². The van der Waals surface area contributed by atoms with Crippen LogP contribution in [0.3, 0.4) is 0 Å². The number of anilines is 3. The Labute approximate surface area is 169 Å². The lowest BCUT2D eigenvalue weighted by atomic mass is 10.2. The molecular weight excluding hydrogens is 368 g/mol. The van der Waals surface area contributed by atoms with Crippen molar-refractivity contribution in [2.24, 2.45) is 0 Å². The molecule has 0 aliphatic rings. The molecule has 0 atom stereocenters. The summed E-state index contributed by atoms with van der Waals surface area (Å²) in [4.78, 5) is 35.2. The Morgan fingerprint density at radius 3 is 2.48 bits per heavy atom. The standard InChI is InChI=1S/C22H22N4O3/c1-4-26(18-11-6-5-7-12-18)20-14-19(23-15(2)24-20)21(27)25-17-10-8-9-16(13-17)22(28)29-3/h5-14H,4H2,1-3H3,(H,25,27). The first-order chi connectivity index (χ1) is 14.0. The highest BCUT2D eigenvalue weighted by molar-refractivity contribution is 6.04. The average Bonchev–Trinajstić information content (AvgIpc) is 2.74. The lowest BCUT2D eigenvalue weighted by Gasteiger charge is -2.22. The average molecular weight is 390 g/mol. The summed E-state index contributed by atoms with van der Waals surface area (Å²) in [7, 11) is 1.31. The third kappa shape index (κ3) is 4.76. The summed E-state index contributed by atoms with van der Waals surface area (Å²) >= 11 is 0. The van der Waals surface area contributed by atoms with Crippen molar-refractivity contribution >= 4 is 29.1 Å². The Kier molecular flexibility index (Phi) is 6.19. The summed E-state index contributed by atoms with van der Waals surface area (Å²) in [5.74, 6) is 0.274. The number of hydrogen-bond acceptors (Lipinski definition) is 6. The molecule has 7 nitrogen and oxygen atoms in total. The number of para-hydroxylation sites is 1. The van der Waals surface area contributed by atoms with Gasteiger partial charge >= 0.3 is 5.97 Å². The van der Waals surface area contributed by atoms with Crippen LogP contribution in [0.4, 0.5) is 17.2 Å². The minimum absolute atomic E-state index is 0.241. The van der Waals surface area contributed by atoms with Gasteiger partial charge in [-0.15, -0.1) is 0 Å². The van der Waals surface area contributed by atoms with Crippen molar-refractivity contribution in [3.05, 3.63) is 77.7 Å². The predicted octanol–water partition coefficient (Wildman–Crippen LogP) is 3.98. The molecule has 0 aliphatic carbocycles. The maximum absolute atomic E-state index is 12.8. The van der Waals surface area contributed by atoms with Crippen molar-refractivity contribution in [3.8, 4) is 0 Å². The summed E-state index contributed by atoms with van der Waals surface area (Å²) < 4.78 is 4.72. The zero-order chi connectivity index (χ0) is 20.8. The molecule has 29 heavy (non-hydrogen) atoms. The van der Waals surface area contributed by atoms with E-state index in [0.717, 1.165) is 5.69 Å². The van der Waals surface area contributed by atoms with Crippen molar-refractivity contribution in [1.29, 1.82) is 0 Å². The van der Waals surface area contributed by atoms with Gasteiger partial charge in [0.2, 0.25) is 0 Å². The molecule has 0 unspecified atom stereocenters. The van der Waals surface area contributed by atoms with Gasteiger partial charge in [0.25, 0.3) is 5.91 Å². The molecule has 1 amide bonds. The van der Waals surface area contributed by atoms with Gasteiger partial charge < -0.3 is 15.0 Å². The Morgan fingerprint density at radius 1 is 1.03 bits per heavy atom. The van der Waals surface area contributed by atoms with Gasteiger partial charge in [0.05, 0.1) is 12.7 Å². The molecule has 0 spiro atoms. The third-order valence-corrected chi connectivity index (χ3v) is 4.26. The fourth-order valence-electron chi connectivity index (χ4n) is 2.93. The second-order valence-corrected chi connectivity index (χ2v) is 6.26. The van der Waals surface area contributed by atoms with Crippen LogP contribution in [0.15, 0.2) is 60.7 Å². The van der Waals surface area contributed by atoms with E-state index >= 15 is 0 Å². The number of aromatic nitrogens is 2. The highest BCUT2D eigenvalue weighted by Crippen LogP contribution is 2.24. The number of amides is 1. The van der Waals surface area contributed by atoms with Gasteiger partial charge in [-0.3, -0.25) is 4.79 Å². The summed E-state index contributed by atoms with van der Waals surface area (Å²) in [5, 5.41) is 2.77. The molecule has 1 heterocycles. The van der Waals surface area contributed by atoms with E-state index in [9.17, 15) is 9.59 Å². The van der Waals surface area contributed by atoms with E-state index in [2.05, 4.69) is 15.3 Å². The van der Waals surface area contributed by atoms with Crippen LogP contribution in [0.1, 0.15) is 33.6 Å². The molecule has 0 fully saturated rings. The summed E-state index contributed by atoms with van der Waals surface area (Å²) in [6, 6.07) is 18.0. The van der Waals surface area contributed by atoms with Crippen molar-refractivity contribution < 1.29 is 14.3 Å². The number of methoxy groups -OCH3 is 1. The molecule has 0 bridgehead atoms. The molecule has 0 aliphatic heterocycles. The number of ether oxygens (including phenoxy) is 1. The quantitative estimate of drug-likeness (QED) is 0.641. The summed E-state index contributed by atoms with van der Waals surface area (Å²) in [5.41, 5.74) is 2.05. The van der Waals surface area contributed by atoms with E-state index in [0.29, 0.717) is 29.4 Å². The molecule has 0 radical (unpaired) electrons. The molecule has 0 saturated heterocycles. The minimum atomic E-state index is -0.470. The number of carbonyl (C=O) groups is 2. The van der Waals surface area contributed by atoms with Crippen LogP contribution in [-0.4, -0.2) is 35.5 Å². The maximum atomic E-state index is 12.8. The highest BCUT2D eigenvalue weighted by atomic mass is 16.5. The highest BCUT2D eigenvalue weighted by Gasteiger charge is 2.16. The fraction of sp³-hybridized carbons (Fsp3) is 0.182. The summed E-state index contributed by atoms with van der Waals surface area (Å²) in [6.07, 6.45) is 0. The number of nitrogens with zero attached hydrogens (tertiary/aromatic N) is 3. The lowest BCUT2D eigenvalue weighted by molar-refractivity contribution is 0.0600. The number of rotatable bonds is 6.